The molecular formula is C24H37N7O5S. The molecule has 1 atom stereocenters. The normalized spacial score (nSPS) is 15.8. The Kier molecular flexibility index (Phi) is 8.35. The molecule has 37 heavy (non-hydrogen) atoms. The highest BCUT2D eigenvalue weighted by Gasteiger charge is 2.25. The Hall–Kier alpha value is -3.35. The van der Waals surface area contributed by atoms with Gasteiger partial charge in [-0.1, -0.05) is 6.58 Å². The molecular weight excluding hydrogens is 498 g/mol. The standard InChI is InChI=1S/C24H37N7O5S/c1-15-14-31-20(13-19(28-31)17(3)25-21(32)12-16(2)29-37(7,34)35)27-22(15)30-10-8-18(9-11-30)26-23(33)36-24(4,5)6/h13-14,17-18,29H,2,8-12H2,1,3-7H3,(H,25,32)(H,26,33). The maximum Gasteiger partial charge on any atom is 0.407 e. The molecule has 3 rings (SSSR count). The summed E-state index contributed by atoms with van der Waals surface area (Å²) < 4.78 is 31.8. The second-order valence-electron chi connectivity index (χ2n) is 10.5. The highest BCUT2D eigenvalue weighted by atomic mass is 32.2. The van der Waals surface area contributed by atoms with Crippen molar-refractivity contribution in [3.8, 4) is 0 Å². The second kappa shape index (κ2) is 11.0. The number of carbonyl (C=O) groups excluding carboxylic acids is 2. The number of aromatic nitrogens is 3. The zero-order valence-electron chi connectivity index (χ0n) is 22.3. The summed E-state index contributed by atoms with van der Waals surface area (Å²) in [4.78, 5) is 31.4. The Morgan fingerprint density at radius 3 is 2.51 bits per heavy atom. The Balaban J connectivity index is 1.62. The summed E-state index contributed by atoms with van der Waals surface area (Å²) >= 11 is 0. The molecule has 3 N–H and O–H groups in total. The number of anilines is 1. The van der Waals surface area contributed by atoms with Crippen LogP contribution in [0.2, 0.25) is 0 Å². The lowest BCUT2D eigenvalue weighted by atomic mass is 10.0. The molecule has 2 amide bonds. The van der Waals surface area contributed by atoms with Crippen molar-refractivity contribution in [1.82, 2.24) is 30.0 Å². The van der Waals surface area contributed by atoms with Crippen LogP contribution in [0.3, 0.4) is 0 Å². The number of nitrogens with zero attached hydrogens (tertiary/aromatic N) is 4. The van der Waals surface area contributed by atoms with E-state index in [0.717, 1.165) is 43.6 Å². The number of rotatable bonds is 8. The second-order valence-corrected chi connectivity index (χ2v) is 12.2. The highest BCUT2D eigenvalue weighted by molar-refractivity contribution is 7.88. The number of carbonyl (C=O) groups is 2. The molecule has 0 radical (unpaired) electrons. The fourth-order valence-electron chi connectivity index (χ4n) is 4.12. The SMILES string of the molecule is C=C(CC(=O)NC(C)c1cc2nc(N3CCC(NC(=O)OC(C)(C)C)CC3)c(C)cn2n1)NS(C)(=O)=O. The lowest BCUT2D eigenvalue weighted by Gasteiger charge is -2.34. The molecule has 0 aliphatic carbocycles. The molecule has 0 spiro atoms. The number of alkyl carbamates (subject to hydrolysis) is 1. The van der Waals surface area contributed by atoms with Gasteiger partial charge in [-0.05, 0) is 47.5 Å². The van der Waals surface area contributed by atoms with Crippen molar-refractivity contribution in [2.75, 3.05) is 24.2 Å². The van der Waals surface area contributed by atoms with Crippen LogP contribution in [0, 0.1) is 6.92 Å². The van der Waals surface area contributed by atoms with Crippen molar-refractivity contribution < 1.29 is 22.7 Å². The van der Waals surface area contributed by atoms with Crippen LogP contribution < -0.4 is 20.3 Å². The van der Waals surface area contributed by atoms with Gasteiger partial charge in [-0.2, -0.15) is 5.10 Å². The molecule has 2 aromatic rings. The van der Waals surface area contributed by atoms with Crippen LogP contribution in [0.1, 0.15) is 64.3 Å². The number of nitrogens with one attached hydrogen (secondary N) is 3. The van der Waals surface area contributed by atoms with E-state index < -0.39 is 27.8 Å². The fraction of sp³-hybridized carbons (Fsp3) is 0.583. The molecule has 3 heterocycles. The monoisotopic (exact) mass is 535 g/mol. The average Bonchev–Trinajstić information content (AvgIpc) is 3.13. The van der Waals surface area contributed by atoms with Gasteiger partial charge in [0.15, 0.2) is 5.65 Å². The minimum atomic E-state index is -3.48. The van der Waals surface area contributed by atoms with Crippen molar-refractivity contribution in [1.29, 1.82) is 0 Å². The van der Waals surface area contributed by atoms with Crippen molar-refractivity contribution in [3.63, 3.8) is 0 Å². The maximum absolute atomic E-state index is 12.3. The largest absolute Gasteiger partial charge is 0.444 e. The minimum Gasteiger partial charge on any atom is -0.444 e. The third-order valence-corrected chi connectivity index (χ3v) is 6.32. The number of fused-ring (bicyclic) bond motifs is 1. The Labute approximate surface area is 217 Å². The molecule has 2 aromatic heterocycles. The third-order valence-electron chi connectivity index (χ3n) is 5.66. The van der Waals surface area contributed by atoms with Crippen molar-refractivity contribution in [2.45, 2.75) is 71.6 Å². The first kappa shape index (κ1) is 28.2. The van der Waals surface area contributed by atoms with E-state index in [0.29, 0.717) is 11.3 Å². The van der Waals surface area contributed by atoms with Gasteiger partial charge in [0.2, 0.25) is 15.9 Å². The zero-order valence-corrected chi connectivity index (χ0v) is 23.1. The van der Waals surface area contributed by atoms with Gasteiger partial charge in [0.1, 0.15) is 11.4 Å². The van der Waals surface area contributed by atoms with Crippen LogP contribution in [0.15, 0.2) is 24.5 Å². The molecule has 1 saturated heterocycles. The van der Waals surface area contributed by atoms with Gasteiger partial charge in [0, 0.05) is 42.7 Å². The van der Waals surface area contributed by atoms with E-state index in [4.69, 9.17) is 9.72 Å². The molecule has 0 bridgehead atoms. The highest BCUT2D eigenvalue weighted by Crippen LogP contribution is 2.24. The summed E-state index contributed by atoms with van der Waals surface area (Å²) in [6.07, 6.45) is 3.88. The summed E-state index contributed by atoms with van der Waals surface area (Å²) in [6.45, 7) is 14.3. The van der Waals surface area contributed by atoms with Crippen LogP contribution in [-0.2, 0) is 19.6 Å². The zero-order chi connectivity index (χ0) is 27.5. The quantitative estimate of drug-likeness (QED) is 0.466. The summed E-state index contributed by atoms with van der Waals surface area (Å²) in [5, 5.41) is 10.3. The van der Waals surface area contributed by atoms with Crippen molar-refractivity contribution in [3.05, 3.63) is 35.8 Å². The fourth-order valence-corrected chi connectivity index (χ4v) is 4.72. The Morgan fingerprint density at radius 1 is 1.27 bits per heavy atom. The van der Waals surface area contributed by atoms with Gasteiger partial charge in [-0.25, -0.2) is 22.7 Å². The van der Waals surface area contributed by atoms with E-state index in [1.54, 1.807) is 11.4 Å². The molecule has 0 saturated carbocycles. The van der Waals surface area contributed by atoms with Crippen LogP contribution >= 0.6 is 0 Å². The Morgan fingerprint density at radius 2 is 1.92 bits per heavy atom. The van der Waals surface area contributed by atoms with E-state index in [1.165, 1.54) is 0 Å². The van der Waals surface area contributed by atoms with Gasteiger partial charge in [-0.3, -0.25) is 9.52 Å². The first-order valence-corrected chi connectivity index (χ1v) is 14.0. The van der Waals surface area contributed by atoms with E-state index in [-0.39, 0.29) is 24.1 Å². The molecule has 0 aromatic carbocycles. The van der Waals surface area contributed by atoms with Gasteiger partial charge >= 0.3 is 6.09 Å². The third kappa shape index (κ3) is 8.34. The number of ether oxygens (including phenoxy) is 1. The number of hydrogen-bond acceptors (Lipinski definition) is 8. The van der Waals surface area contributed by atoms with Crippen LogP contribution in [-0.4, -0.2) is 66.0 Å². The molecule has 1 aliphatic heterocycles. The summed E-state index contributed by atoms with van der Waals surface area (Å²) in [7, 11) is -3.48. The van der Waals surface area contributed by atoms with E-state index in [9.17, 15) is 18.0 Å². The van der Waals surface area contributed by atoms with Crippen LogP contribution in [0.25, 0.3) is 5.65 Å². The van der Waals surface area contributed by atoms with Crippen molar-refractivity contribution >= 4 is 33.5 Å². The van der Waals surface area contributed by atoms with E-state index in [2.05, 4.69) is 31.9 Å². The topological polar surface area (TPSA) is 147 Å². The van der Waals surface area contributed by atoms with Gasteiger partial charge in [-0.15, -0.1) is 0 Å². The minimum absolute atomic E-state index is 0.0462. The van der Waals surface area contributed by atoms with Gasteiger partial charge in [0.05, 0.1) is 24.4 Å². The molecule has 1 aliphatic rings. The predicted octanol–water partition coefficient (Wildman–Crippen LogP) is 2.16. The van der Waals surface area contributed by atoms with Crippen molar-refractivity contribution in [2.24, 2.45) is 0 Å². The lowest BCUT2D eigenvalue weighted by Crippen LogP contribution is -2.46. The number of aryl methyl sites for hydroxylation is 1. The smallest absolute Gasteiger partial charge is 0.407 e. The number of amides is 2. The molecule has 13 heteroatoms. The Bertz CT molecular complexity index is 1270. The molecule has 12 nitrogen and oxygen atoms in total. The number of sulfonamides is 1. The lowest BCUT2D eigenvalue weighted by molar-refractivity contribution is -0.121. The van der Waals surface area contributed by atoms with Crippen LogP contribution in [0.4, 0.5) is 10.6 Å². The maximum atomic E-state index is 12.3. The predicted molar refractivity (Wildman–Crippen MR) is 141 cm³/mol. The van der Waals surface area contributed by atoms with E-state index >= 15 is 0 Å². The summed E-state index contributed by atoms with van der Waals surface area (Å²) in [5.74, 6) is 0.480. The first-order chi connectivity index (χ1) is 17.1. The summed E-state index contributed by atoms with van der Waals surface area (Å²) in [5.41, 5.74) is 1.79. The average molecular weight is 536 g/mol. The van der Waals surface area contributed by atoms with E-state index in [1.807, 2.05) is 40.0 Å². The number of piperidine rings is 1. The first-order valence-electron chi connectivity index (χ1n) is 12.2. The van der Waals surface area contributed by atoms with Crippen LogP contribution in [0.5, 0.6) is 0 Å². The molecule has 1 unspecified atom stereocenters. The summed E-state index contributed by atoms with van der Waals surface area (Å²) in [6, 6.07) is 1.44. The molecule has 204 valence electrons. The molecule has 1 fully saturated rings. The number of hydrogen-bond donors (Lipinski definition) is 3. The van der Waals surface area contributed by atoms with Gasteiger partial charge < -0.3 is 20.3 Å². The van der Waals surface area contributed by atoms with Gasteiger partial charge in [0.25, 0.3) is 0 Å².